The van der Waals surface area contributed by atoms with Crippen molar-refractivity contribution in [2.45, 2.75) is 27.2 Å². The Morgan fingerprint density at radius 2 is 1.56 bits per heavy atom. The average Bonchev–Trinajstić information content (AvgIpc) is 2.56. The molecule has 2 rings (SSSR count). The van der Waals surface area contributed by atoms with Crippen LogP contribution < -0.4 is 15.4 Å². The molecule has 0 bridgehead atoms. The number of amides is 2. The molecular formula is C20H24N2O3. The lowest BCUT2D eigenvalue weighted by Gasteiger charge is -2.13. The number of carbonyl (C=O) groups is 2. The molecule has 0 saturated carbocycles. The van der Waals surface area contributed by atoms with Gasteiger partial charge in [-0.2, -0.15) is 0 Å². The van der Waals surface area contributed by atoms with Crippen LogP contribution in [0.25, 0.3) is 0 Å². The largest absolute Gasteiger partial charge is 0.493 e. The second-order valence-electron chi connectivity index (χ2n) is 6.24. The molecule has 0 aliphatic carbocycles. The van der Waals surface area contributed by atoms with Crippen LogP contribution in [0.5, 0.6) is 5.75 Å². The molecule has 0 saturated heterocycles. The maximum atomic E-state index is 12.5. The van der Waals surface area contributed by atoms with Crippen molar-refractivity contribution in [2.75, 3.05) is 17.2 Å². The smallest absolute Gasteiger partial charge is 0.259 e. The Balaban J connectivity index is 2.04. The highest BCUT2D eigenvalue weighted by atomic mass is 16.5. The molecule has 0 atom stereocenters. The molecule has 0 aromatic heterocycles. The zero-order chi connectivity index (χ0) is 18.2. The fraction of sp³-hybridized carbons (Fsp3) is 0.300. The van der Waals surface area contributed by atoms with E-state index in [1.165, 1.54) is 6.92 Å². The summed E-state index contributed by atoms with van der Waals surface area (Å²) in [5, 5.41) is 5.53. The number of rotatable bonds is 7. The van der Waals surface area contributed by atoms with Crippen LogP contribution in [0.3, 0.4) is 0 Å². The average molecular weight is 340 g/mol. The van der Waals surface area contributed by atoms with Crippen molar-refractivity contribution in [1.82, 2.24) is 0 Å². The van der Waals surface area contributed by atoms with Gasteiger partial charge in [0, 0.05) is 18.3 Å². The molecule has 0 unspecified atom stereocenters. The lowest BCUT2D eigenvalue weighted by Crippen LogP contribution is -2.14. The third-order valence-electron chi connectivity index (χ3n) is 3.55. The maximum Gasteiger partial charge on any atom is 0.259 e. The number of carbonyl (C=O) groups excluding carboxylic acids is 2. The lowest BCUT2D eigenvalue weighted by atomic mass is 10.1. The van der Waals surface area contributed by atoms with Gasteiger partial charge in [0.25, 0.3) is 5.91 Å². The van der Waals surface area contributed by atoms with E-state index < -0.39 is 0 Å². The van der Waals surface area contributed by atoms with Gasteiger partial charge in [-0.1, -0.05) is 26.0 Å². The van der Waals surface area contributed by atoms with E-state index in [4.69, 9.17) is 4.74 Å². The number of ether oxygens (including phenoxy) is 1. The molecule has 5 heteroatoms. The van der Waals surface area contributed by atoms with Gasteiger partial charge >= 0.3 is 0 Å². The summed E-state index contributed by atoms with van der Waals surface area (Å²) in [6.07, 6.45) is 0.931. The monoisotopic (exact) mass is 340 g/mol. The molecule has 2 aromatic carbocycles. The van der Waals surface area contributed by atoms with Crippen molar-refractivity contribution in [2.24, 2.45) is 5.92 Å². The van der Waals surface area contributed by atoms with Gasteiger partial charge in [0.1, 0.15) is 5.75 Å². The summed E-state index contributed by atoms with van der Waals surface area (Å²) in [7, 11) is 0. The van der Waals surface area contributed by atoms with Crippen molar-refractivity contribution in [3.05, 3.63) is 54.1 Å². The van der Waals surface area contributed by atoms with Gasteiger partial charge in [0.05, 0.1) is 12.2 Å². The van der Waals surface area contributed by atoms with Crippen LogP contribution in [0.15, 0.2) is 48.5 Å². The van der Waals surface area contributed by atoms with Gasteiger partial charge in [0.15, 0.2) is 0 Å². The summed E-state index contributed by atoms with van der Waals surface area (Å²) >= 11 is 0. The number of anilines is 2. The van der Waals surface area contributed by atoms with Crippen molar-refractivity contribution in [1.29, 1.82) is 0 Å². The molecule has 2 aromatic rings. The minimum Gasteiger partial charge on any atom is -0.493 e. The molecule has 132 valence electrons. The van der Waals surface area contributed by atoms with E-state index in [-0.39, 0.29) is 11.8 Å². The van der Waals surface area contributed by atoms with Crippen molar-refractivity contribution < 1.29 is 14.3 Å². The van der Waals surface area contributed by atoms with Crippen LogP contribution in [0.2, 0.25) is 0 Å². The van der Waals surface area contributed by atoms with Crippen LogP contribution in [-0.2, 0) is 4.79 Å². The number of hydrogen-bond acceptors (Lipinski definition) is 3. The maximum absolute atomic E-state index is 12.5. The van der Waals surface area contributed by atoms with Gasteiger partial charge in [-0.15, -0.1) is 0 Å². The van der Waals surface area contributed by atoms with E-state index in [0.717, 1.165) is 6.42 Å². The van der Waals surface area contributed by atoms with Gasteiger partial charge in [0.2, 0.25) is 5.91 Å². The quantitative estimate of drug-likeness (QED) is 0.788. The summed E-state index contributed by atoms with van der Waals surface area (Å²) in [5.41, 5.74) is 1.83. The molecular weight excluding hydrogens is 316 g/mol. The Hall–Kier alpha value is -2.82. The molecule has 0 fully saturated rings. The summed E-state index contributed by atoms with van der Waals surface area (Å²) < 4.78 is 5.76. The predicted octanol–water partition coefficient (Wildman–Crippen LogP) is 4.32. The Bertz CT molecular complexity index is 724. The highest BCUT2D eigenvalue weighted by Gasteiger charge is 2.12. The molecule has 0 aliphatic heterocycles. The van der Waals surface area contributed by atoms with E-state index in [1.54, 1.807) is 36.4 Å². The number of nitrogens with one attached hydrogen (secondary N) is 2. The SMILES string of the molecule is CC(=O)Nc1ccc(NC(=O)c2ccccc2OCCC(C)C)cc1. The minimum absolute atomic E-state index is 0.135. The zero-order valence-electron chi connectivity index (χ0n) is 14.8. The Kier molecular flexibility index (Phi) is 6.57. The first-order valence-corrected chi connectivity index (χ1v) is 8.36. The first-order chi connectivity index (χ1) is 12.0. The number of hydrogen-bond donors (Lipinski definition) is 2. The second kappa shape index (κ2) is 8.87. The molecule has 25 heavy (non-hydrogen) atoms. The zero-order valence-corrected chi connectivity index (χ0v) is 14.8. The van der Waals surface area contributed by atoms with Crippen molar-refractivity contribution in [3.63, 3.8) is 0 Å². The molecule has 0 aliphatic rings. The summed E-state index contributed by atoms with van der Waals surface area (Å²) in [5.74, 6) is 0.760. The van der Waals surface area contributed by atoms with E-state index >= 15 is 0 Å². The Morgan fingerprint density at radius 1 is 0.960 bits per heavy atom. The van der Waals surface area contributed by atoms with Gasteiger partial charge in [-0.25, -0.2) is 0 Å². The fourth-order valence-electron chi connectivity index (χ4n) is 2.22. The van der Waals surface area contributed by atoms with E-state index in [2.05, 4.69) is 24.5 Å². The van der Waals surface area contributed by atoms with E-state index in [9.17, 15) is 9.59 Å². The van der Waals surface area contributed by atoms with E-state index in [0.29, 0.717) is 35.2 Å². The summed E-state index contributed by atoms with van der Waals surface area (Å²) in [4.78, 5) is 23.6. The van der Waals surface area contributed by atoms with Gasteiger partial charge in [-0.05, 0) is 48.7 Å². The van der Waals surface area contributed by atoms with Crippen LogP contribution >= 0.6 is 0 Å². The summed E-state index contributed by atoms with van der Waals surface area (Å²) in [6.45, 7) is 6.29. The Labute approximate surface area is 148 Å². The third-order valence-corrected chi connectivity index (χ3v) is 3.55. The van der Waals surface area contributed by atoms with Gasteiger partial charge in [-0.3, -0.25) is 9.59 Å². The molecule has 0 spiro atoms. The normalized spacial score (nSPS) is 10.4. The van der Waals surface area contributed by atoms with Crippen LogP contribution in [0, 0.1) is 5.92 Å². The molecule has 0 radical (unpaired) electrons. The number of benzene rings is 2. The van der Waals surface area contributed by atoms with Gasteiger partial charge < -0.3 is 15.4 Å². The lowest BCUT2D eigenvalue weighted by molar-refractivity contribution is -0.114. The first-order valence-electron chi connectivity index (χ1n) is 8.36. The highest BCUT2D eigenvalue weighted by molar-refractivity contribution is 6.06. The molecule has 2 amide bonds. The Morgan fingerprint density at radius 3 is 2.16 bits per heavy atom. The second-order valence-corrected chi connectivity index (χ2v) is 6.24. The summed E-state index contributed by atoms with van der Waals surface area (Å²) in [6, 6.07) is 14.2. The highest BCUT2D eigenvalue weighted by Crippen LogP contribution is 2.21. The predicted molar refractivity (Wildman–Crippen MR) is 100 cm³/mol. The van der Waals surface area contributed by atoms with Crippen molar-refractivity contribution >= 4 is 23.2 Å². The molecule has 0 heterocycles. The topological polar surface area (TPSA) is 67.4 Å². The van der Waals surface area contributed by atoms with Crippen LogP contribution in [0.1, 0.15) is 37.6 Å². The van der Waals surface area contributed by atoms with Crippen LogP contribution in [0.4, 0.5) is 11.4 Å². The van der Waals surface area contributed by atoms with E-state index in [1.807, 2.05) is 12.1 Å². The van der Waals surface area contributed by atoms with Crippen LogP contribution in [-0.4, -0.2) is 18.4 Å². The number of para-hydroxylation sites is 1. The first kappa shape index (κ1) is 18.5. The fourth-order valence-corrected chi connectivity index (χ4v) is 2.22. The van der Waals surface area contributed by atoms with Crippen molar-refractivity contribution in [3.8, 4) is 5.75 Å². The minimum atomic E-state index is -0.229. The molecule has 5 nitrogen and oxygen atoms in total. The third kappa shape index (κ3) is 5.95. The standard InChI is InChI=1S/C20H24N2O3/c1-14(2)12-13-25-19-7-5-4-6-18(19)20(24)22-17-10-8-16(9-11-17)21-15(3)23/h4-11,14H,12-13H2,1-3H3,(H,21,23)(H,22,24). The molecule has 2 N–H and O–H groups in total.